The highest BCUT2D eigenvalue weighted by molar-refractivity contribution is 6.17. The van der Waals surface area contributed by atoms with Crippen LogP contribution in [0.5, 0.6) is 11.5 Å². The molecule has 12 atom stereocenters. The van der Waals surface area contributed by atoms with Gasteiger partial charge >= 0.3 is 126 Å². The van der Waals surface area contributed by atoms with Crippen LogP contribution in [0.15, 0.2) is 97.1 Å². The van der Waals surface area contributed by atoms with Crippen LogP contribution in [-0.4, -0.2) is 126 Å². The lowest BCUT2D eigenvalue weighted by Crippen LogP contribution is -2.41. The molecule has 4 aliphatic carbocycles. The van der Waals surface area contributed by atoms with Crippen molar-refractivity contribution in [3.63, 3.8) is 0 Å². The van der Waals surface area contributed by atoms with Crippen molar-refractivity contribution >= 4 is 119 Å². The van der Waals surface area contributed by atoms with Gasteiger partial charge in [-0.1, -0.05) is 36.4 Å². The normalized spacial score (nSPS) is 28.7. The third kappa shape index (κ3) is 11.5. The molecule has 0 spiro atoms. The summed E-state index contributed by atoms with van der Waals surface area (Å²) in [5, 5.41) is 0. The number of esters is 20. The van der Waals surface area contributed by atoms with Gasteiger partial charge in [0.1, 0.15) is 16.9 Å². The predicted octanol–water partition coefficient (Wildman–Crippen LogP) is 5.39. The summed E-state index contributed by atoms with van der Waals surface area (Å²) in [5.41, 5.74) is -1.98. The predicted molar refractivity (Wildman–Crippen MR) is 325 cm³/mol. The van der Waals surface area contributed by atoms with Gasteiger partial charge in [0.05, 0.1) is 117 Å². The van der Waals surface area contributed by atoms with Crippen molar-refractivity contribution in [3.8, 4) is 11.5 Å². The maximum atomic E-state index is 14.2. The minimum atomic E-state index is -4.84. The smallest absolute Gasteiger partial charge is 0.402 e. The van der Waals surface area contributed by atoms with E-state index >= 15 is 0 Å². The molecule has 4 bridgehead atoms. The molecular formula is C73H45F3O31. The summed E-state index contributed by atoms with van der Waals surface area (Å²) < 4.78 is 93.7. The van der Waals surface area contributed by atoms with E-state index in [1.807, 2.05) is 12.1 Å². The topological polar surface area (TPSA) is 443 Å². The highest BCUT2D eigenvalue weighted by Crippen LogP contribution is 2.61. The molecule has 19 rings (SSSR count). The molecule has 0 radical (unpaired) electrons. The Morgan fingerprint density at radius 2 is 0.664 bits per heavy atom. The van der Waals surface area contributed by atoms with Crippen molar-refractivity contribution in [2.45, 2.75) is 68.9 Å². The monoisotopic (exact) mass is 1470 g/mol. The Morgan fingerprint density at radius 1 is 0.318 bits per heavy atom. The Morgan fingerprint density at radius 3 is 1.10 bits per heavy atom. The molecule has 31 nitrogen and oxygen atoms in total. The molecule has 5 aromatic rings. The van der Waals surface area contributed by atoms with Gasteiger partial charge in [0.2, 0.25) is 0 Å². The van der Waals surface area contributed by atoms with Crippen LogP contribution in [0.3, 0.4) is 0 Å². The standard InChI is InChI=1S/C19H9F3O6.C16H6O7.C16H12O6.C12H10O6.C10H8O6/c1-18(19(20,21)22,8-2-4-10-12(6-8)16(25)27-14(10)23)9-3-5-11-13(7-9)17(26)28-15(11)24;17-13-9-3-1-7(5-11(9)15(19)22-13)21-8-2-4-10-12(6-8)16(20)23-14(10)18;17-12-6-10(14(18)21-12)9-5-11-13(16(20)22-15(11)19)8-4-2-1-3-7(8)9;13-9-3-1-4(10(14)17-9)8-6-2-5(7(3)8)11(15)18-12(6)16;11-6-2-3-4(8(12)15-6)1-5-7(3)10(14)16-9(5)13/h2-7H,1H3;1-6H;1-4,9-11,13H,5-6H2;3-8H,1-2H2;3-5,7H,1-2H2. The van der Waals surface area contributed by atoms with Gasteiger partial charge in [0, 0.05) is 0 Å². The van der Waals surface area contributed by atoms with Crippen molar-refractivity contribution in [1.82, 2.24) is 0 Å². The van der Waals surface area contributed by atoms with E-state index in [4.69, 9.17) is 18.9 Å². The summed E-state index contributed by atoms with van der Waals surface area (Å²) in [6, 6.07) is 22.0. The summed E-state index contributed by atoms with van der Waals surface area (Å²) >= 11 is 0. The molecule has 14 aliphatic rings. The number of carbonyl (C=O) groups is 20. The van der Waals surface area contributed by atoms with Crippen LogP contribution in [-0.2, 0) is 110 Å². The second-order valence-corrected chi connectivity index (χ2v) is 27.2. The van der Waals surface area contributed by atoms with Crippen molar-refractivity contribution in [1.29, 1.82) is 0 Å². The van der Waals surface area contributed by atoms with Crippen molar-refractivity contribution < 1.29 is 161 Å². The first-order chi connectivity index (χ1) is 50.8. The fourth-order valence-corrected chi connectivity index (χ4v) is 16.8. The second-order valence-electron chi connectivity index (χ2n) is 27.2. The van der Waals surface area contributed by atoms with E-state index in [1.165, 1.54) is 36.4 Å². The van der Waals surface area contributed by atoms with E-state index in [0.717, 1.165) is 48.9 Å². The van der Waals surface area contributed by atoms with E-state index < -0.39 is 196 Å². The van der Waals surface area contributed by atoms with E-state index in [1.54, 1.807) is 12.1 Å². The number of carbonyl (C=O) groups excluding carboxylic acids is 20. The Labute approximate surface area is 593 Å². The lowest BCUT2D eigenvalue weighted by molar-refractivity contribution is -0.175. The SMILES string of the molecule is CC(c1ccc2c(c1)C(=O)OC2=O)(c1ccc2c(c1)C(=O)OC2=O)C(F)(F)F.O=C1CC(C2CC3C(=O)OC(=O)C3c3ccccc32)C(=O)O1.O=C1CC2C(CC3C(=O)OC(=O)C32)C(=O)O1.O=C1OC(=O)C2CC1C1C3CC(C(=O)OC3=O)C21.O=C1OC(=O)c2cc(Oc3ccc4c(c3)C(=O)OC4=O)ccc21. The molecule has 12 unspecified atom stereocenters. The molecule has 6 saturated heterocycles. The van der Waals surface area contributed by atoms with Gasteiger partial charge in [-0.05, 0) is 139 Å². The Bertz CT molecular complexity index is 4850. The van der Waals surface area contributed by atoms with Crippen LogP contribution in [0.4, 0.5) is 13.2 Å². The molecule has 544 valence electrons. The number of hydrogen-bond acceptors (Lipinski definition) is 31. The number of cyclic esters (lactones) is 20. The molecule has 10 heterocycles. The van der Waals surface area contributed by atoms with E-state index in [9.17, 15) is 109 Å². The number of ether oxygens (including phenoxy) is 11. The minimum absolute atomic E-state index is 0.0121. The van der Waals surface area contributed by atoms with Crippen molar-refractivity contribution in [2.24, 2.45) is 71.0 Å². The first kappa shape index (κ1) is 69.8. The number of alkyl halides is 3. The summed E-state index contributed by atoms with van der Waals surface area (Å²) in [5.74, 6) is -19.4. The van der Waals surface area contributed by atoms with Crippen molar-refractivity contribution in [3.05, 3.63) is 164 Å². The third-order valence-electron chi connectivity index (χ3n) is 21.8. The van der Waals surface area contributed by atoms with Crippen LogP contribution in [0.2, 0.25) is 0 Å². The van der Waals surface area contributed by atoms with Gasteiger partial charge < -0.3 is 52.1 Å². The molecule has 9 fully saturated rings. The van der Waals surface area contributed by atoms with E-state index in [0.29, 0.717) is 24.8 Å². The number of hydrogen-bond donors (Lipinski definition) is 0. The molecule has 5 aromatic carbocycles. The molecular weight excluding hydrogens is 1430 g/mol. The number of rotatable bonds is 5. The Kier molecular flexibility index (Phi) is 16.6. The van der Waals surface area contributed by atoms with Crippen LogP contribution >= 0.6 is 0 Å². The summed E-state index contributed by atoms with van der Waals surface area (Å²) in [6.45, 7) is 0.876. The maximum absolute atomic E-state index is 14.2. The number of benzene rings is 5. The fraction of sp³-hybridized carbons (Fsp3) is 0.315. The quantitative estimate of drug-likeness (QED) is 0.0920. The van der Waals surface area contributed by atoms with Crippen molar-refractivity contribution in [2.75, 3.05) is 0 Å². The highest BCUT2D eigenvalue weighted by Gasteiger charge is 2.68. The first-order valence-electron chi connectivity index (χ1n) is 32.8. The third-order valence-corrected chi connectivity index (χ3v) is 21.8. The molecule has 10 aliphatic heterocycles. The minimum Gasteiger partial charge on any atom is -0.457 e. The Hall–Kier alpha value is -12.9. The zero-order valence-electron chi connectivity index (χ0n) is 54.4. The number of halogens is 3. The van der Waals surface area contributed by atoms with Gasteiger partial charge in [-0.15, -0.1) is 0 Å². The second kappa shape index (κ2) is 25.5. The molecule has 0 N–H and O–H groups in total. The van der Waals surface area contributed by atoms with Crippen LogP contribution in [0, 0.1) is 71.0 Å². The molecule has 107 heavy (non-hydrogen) atoms. The van der Waals surface area contributed by atoms with E-state index in [-0.39, 0.29) is 104 Å². The fourth-order valence-electron chi connectivity index (χ4n) is 16.8. The molecule has 34 heteroatoms. The zero-order chi connectivity index (χ0) is 76.0. The zero-order valence-corrected chi connectivity index (χ0v) is 54.4. The van der Waals surface area contributed by atoms with Crippen LogP contribution < -0.4 is 4.74 Å². The van der Waals surface area contributed by atoms with Crippen LogP contribution in [0.1, 0.15) is 162 Å². The summed E-state index contributed by atoms with van der Waals surface area (Å²) in [7, 11) is 0. The van der Waals surface area contributed by atoms with Gasteiger partial charge in [-0.25, -0.2) is 38.4 Å². The highest BCUT2D eigenvalue weighted by atomic mass is 19.4. The van der Waals surface area contributed by atoms with Gasteiger partial charge in [-0.2, -0.15) is 13.2 Å². The van der Waals surface area contributed by atoms with Gasteiger partial charge in [-0.3, -0.25) is 57.5 Å². The van der Waals surface area contributed by atoms with Crippen LogP contribution in [0.25, 0.3) is 0 Å². The molecule has 3 saturated carbocycles. The number of fused-ring (bicyclic) bond motifs is 19. The largest absolute Gasteiger partial charge is 0.457 e. The average Bonchev–Trinajstić information content (AvgIpc) is 1.58. The van der Waals surface area contributed by atoms with Gasteiger partial charge in [0.15, 0.2) is 0 Å². The summed E-state index contributed by atoms with van der Waals surface area (Å²) in [4.78, 5) is 232. The lowest BCUT2D eigenvalue weighted by atomic mass is 9.67. The summed E-state index contributed by atoms with van der Waals surface area (Å²) in [6.07, 6.45) is -3.40. The average molecular weight is 1480 g/mol. The molecule has 0 amide bonds. The maximum Gasteiger partial charge on any atom is 0.402 e. The van der Waals surface area contributed by atoms with Gasteiger partial charge in [0.25, 0.3) is 0 Å². The first-order valence-corrected chi connectivity index (χ1v) is 32.8. The lowest BCUT2D eigenvalue weighted by Gasteiger charge is -2.33. The molecule has 0 aromatic heterocycles. The Balaban J connectivity index is 0.000000108. The van der Waals surface area contributed by atoms with E-state index in [2.05, 4.69) is 33.2 Å².